The highest BCUT2D eigenvalue weighted by molar-refractivity contribution is 5.81. The summed E-state index contributed by atoms with van der Waals surface area (Å²) < 4.78 is 200. The number of carbonyl (C=O) groups excluding carboxylic acids is 1. The molecule has 0 bridgehead atoms. The first-order valence-corrected chi connectivity index (χ1v) is 7.94. The lowest BCUT2D eigenvalue weighted by atomic mass is 9.91. The van der Waals surface area contributed by atoms with Crippen LogP contribution in [-0.2, 0) is 4.79 Å². The number of ether oxygens (including phenoxy) is 1. The second kappa shape index (κ2) is 7.85. The number of alkyl halides is 15. The molecule has 0 amide bonds. The van der Waals surface area contributed by atoms with Crippen molar-refractivity contribution in [3.05, 3.63) is 29.3 Å². The van der Waals surface area contributed by atoms with E-state index >= 15 is 0 Å². The van der Waals surface area contributed by atoms with Crippen LogP contribution in [0.25, 0.3) is 0 Å². The maximum atomic E-state index is 13.7. The molecule has 17 heteroatoms. The van der Waals surface area contributed by atoms with Crippen molar-refractivity contribution in [1.29, 1.82) is 0 Å². The van der Waals surface area contributed by atoms with E-state index in [1.165, 1.54) is 13.8 Å². The summed E-state index contributed by atoms with van der Waals surface area (Å²) in [5.41, 5.74) is 0.534. The largest absolute Gasteiger partial charge is 0.460 e. The Kier molecular flexibility index (Phi) is 6.82. The van der Waals surface area contributed by atoms with Crippen LogP contribution in [0.4, 0.5) is 65.9 Å². The smallest absolute Gasteiger partial charge is 0.422 e. The predicted molar refractivity (Wildman–Crippen MR) is 77.3 cm³/mol. The summed E-state index contributed by atoms with van der Waals surface area (Å²) in [7, 11) is 0. The molecule has 0 spiro atoms. The van der Waals surface area contributed by atoms with Gasteiger partial charge in [0, 0.05) is 0 Å². The summed E-state index contributed by atoms with van der Waals surface area (Å²) in [6.45, 7) is 2.65. The molecule has 0 saturated carbocycles. The summed E-state index contributed by atoms with van der Waals surface area (Å²) >= 11 is 0. The normalized spacial score (nSPS) is 14.9. The van der Waals surface area contributed by atoms with Crippen LogP contribution in [0.15, 0.2) is 18.2 Å². The second-order valence-corrected chi connectivity index (χ2v) is 6.58. The zero-order valence-electron chi connectivity index (χ0n) is 15.7. The Morgan fingerprint density at radius 3 is 1.39 bits per heavy atom. The molecule has 1 aromatic carbocycles. The van der Waals surface area contributed by atoms with Crippen LogP contribution in [0.1, 0.15) is 11.1 Å². The first kappa shape index (κ1) is 28.7. The topological polar surface area (TPSA) is 26.3 Å². The van der Waals surface area contributed by atoms with Gasteiger partial charge in [0.25, 0.3) is 0 Å². The number of carbonyl (C=O) groups is 1. The molecule has 0 N–H and O–H groups in total. The zero-order chi connectivity index (χ0) is 26.6. The molecule has 0 saturated heterocycles. The molecule has 0 atom stereocenters. The van der Waals surface area contributed by atoms with Crippen LogP contribution in [-0.4, -0.2) is 47.7 Å². The fraction of sp³-hybridized carbons (Fsp3) is 0.562. The quantitative estimate of drug-likeness (QED) is 0.232. The van der Waals surface area contributed by atoms with Gasteiger partial charge < -0.3 is 4.74 Å². The van der Waals surface area contributed by atoms with Crippen LogP contribution in [0.3, 0.4) is 0 Å². The third-order valence-corrected chi connectivity index (χ3v) is 4.27. The lowest BCUT2D eigenvalue weighted by Gasteiger charge is -2.40. The summed E-state index contributed by atoms with van der Waals surface area (Å²) in [6, 6.07) is 2.36. The molecule has 2 nitrogen and oxygen atoms in total. The minimum absolute atomic E-state index is 0.140. The molecular weight excluding hydrogens is 509 g/mol. The third kappa shape index (κ3) is 4.06. The first-order chi connectivity index (χ1) is 14.3. The lowest BCUT2D eigenvalue weighted by molar-refractivity contribution is -0.450. The highest BCUT2D eigenvalue weighted by Gasteiger charge is 2.94. The minimum Gasteiger partial charge on any atom is -0.422 e. The summed E-state index contributed by atoms with van der Waals surface area (Å²) in [5.74, 6) is -53.1. The zero-order valence-corrected chi connectivity index (χ0v) is 15.7. The van der Waals surface area contributed by atoms with Crippen molar-refractivity contribution < 1.29 is 75.4 Å². The summed E-state index contributed by atoms with van der Waals surface area (Å²) in [5, 5.41) is 0. The van der Waals surface area contributed by atoms with Crippen molar-refractivity contribution in [2.75, 3.05) is 0 Å². The van der Waals surface area contributed by atoms with Gasteiger partial charge in [-0.1, -0.05) is 6.07 Å². The number of halogens is 15. The number of esters is 1. The van der Waals surface area contributed by atoms with E-state index in [-0.39, 0.29) is 5.56 Å². The molecule has 1 rings (SSSR count). The highest BCUT2D eigenvalue weighted by atomic mass is 19.4. The Balaban J connectivity index is 3.49. The van der Waals surface area contributed by atoms with Crippen molar-refractivity contribution in [3.63, 3.8) is 0 Å². The van der Waals surface area contributed by atoms with Crippen molar-refractivity contribution in [2.24, 2.45) is 0 Å². The van der Waals surface area contributed by atoms with E-state index in [0.29, 0.717) is 17.7 Å². The number of rotatable bonds is 7. The number of aryl methyl sites for hydroxylation is 2. The van der Waals surface area contributed by atoms with Crippen LogP contribution < -0.4 is 4.74 Å². The summed E-state index contributed by atoms with van der Waals surface area (Å²) in [4.78, 5) is 11.3. The van der Waals surface area contributed by atoms with Gasteiger partial charge in [-0.15, -0.1) is 0 Å². The van der Waals surface area contributed by atoms with Crippen molar-refractivity contribution in [1.82, 2.24) is 0 Å². The van der Waals surface area contributed by atoms with E-state index in [9.17, 15) is 70.7 Å². The third-order valence-electron chi connectivity index (χ3n) is 4.27. The van der Waals surface area contributed by atoms with Crippen molar-refractivity contribution in [3.8, 4) is 5.75 Å². The number of hydrogen-bond acceptors (Lipinski definition) is 2. The Morgan fingerprint density at radius 1 is 0.606 bits per heavy atom. The molecule has 190 valence electrons. The Morgan fingerprint density at radius 2 is 1.00 bits per heavy atom. The van der Waals surface area contributed by atoms with Gasteiger partial charge >= 0.3 is 47.7 Å². The average molecular weight is 518 g/mol. The number of benzene rings is 1. The fourth-order valence-corrected chi connectivity index (χ4v) is 2.04. The Bertz CT molecular complexity index is 902. The molecule has 0 aliphatic rings. The summed E-state index contributed by atoms with van der Waals surface area (Å²) in [6.07, 6.45) is -7.70. The molecule has 0 aliphatic carbocycles. The van der Waals surface area contributed by atoms with Gasteiger partial charge in [0.05, 0.1) is 0 Å². The molecule has 0 unspecified atom stereocenters. The van der Waals surface area contributed by atoms with Crippen molar-refractivity contribution >= 4 is 5.97 Å². The van der Waals surface area contributed by atoms with Gasteiger partial charge in [0.2, 0.25) is 0 Å². The van der Waals surface area contributed by atoms with Gasteiger partial charge in [-0.2, -0.15) is 65.9 Å². The highest BCUT2D eigenvalue weighted by Crippen LogP contribution is 2.62. The molecular formula is C16H9F15O2. The monoisotopic (exact) mass is 518 g/mol. The van der Waals surface area contributed by atoms with E-state index in [4.69, 9.17) is 0 Å². The van der Waals surface area contributed by atoms with Gasteiger partial charge in [0.15, 0.2) is 0 Å². The van der Waals surface area contributed by atoms with Gasteiger partial charge in [-0.3, -0.25) is 0 Å². The molecule has 0 radical (unpaired) electrons. The van der Waals surface area contributed by atoms with E-state index in [2.05, 4.69) is 4.74 Å². The fourth-order valence-electron chi connectivity index (χ4n) is 2.04. The molecule has 0 fully saturated rings. The average Bonchev–Trinajstić information content (AvgIpc) is 2.62. The molecule has 0 aromatic heterocycles. The van der Waals surface area contributed by atoms with E-state index in [1.54, 1.807) is 0 Å². The Labute approximate surface area is 173 Å². The van der Waals surface area contributed by atoms with Gasteiger partial charge in [0.1, 0.15) is 5.75 Å². The number of hydrogen-bond donors (Lipinski definition) is 0. The Hall–Kier alpha value is -2.36. The maximum Gasteiger partial charge on any atom is 0.460 e. The molecule has 0 aliphatic heterocycles. The van der Waals surface area contributed by atoms with Crippen LogP contribution in [0, 0.1) is 13.8 Å². The molecule has 33 heavy (non-hydrogen) atoms. The predicted octanol–water partition coefficient (Wildman–Crippen LogP) is 6.58. The molecule has 0 heterocycles. The van der Waals surface area contributed by atoms with Crippen LogP contribution >= 0.6 is 0 Å². The van der Waals surface area contributed by atoms with Crippen LogP contribution in [0.5, 0.6) is 5.75 Å². The van der Waals surface area contributed by atoms with E-state index in [1.807, 2.05) is 0 Å². The van der Waals surface area contributed by atoms with E-state index < -0.39 is 53.4 Å². The van der Waals surface area contributed by atoms with Crippen molar-refractivity contribution in [2.45, 2.75) is 55.6 Å². The second-order valence-electron chi connectivity index (χ2n) is 6.58. The molecule has 1 aromatic rings. The minimum atomic E-state index is -8.47. The standard InChI is InChI=1S/C16H9F15O2/c1-6-3-4-8(5-7(6)2)33-9(32)10(17,18)11(19,20)12(21,22)13(23,24)14(25,26)15(27,28)16(29,30)31/h3-5H,1-2H3. The maximum absolute atomic E-state index is 13.7. The SMILES string of the molecule is Cc1ccc(OC(=O)C(F)(F)C(F)(F)C(F)(F)C(F)(F)C(F)(F)C(F)(F)C(F)(F)F)cc1C. The van der Waals surface area contributed by atoms with Crippen LogP contribution in [0.2, 0.25) is 0 Å². The van der Waals surface area contributed by atoms with Gasteiger partial charge in [-0.05, 0) is 37.1 Å². The van der Waals surface area contributed by atoms with Gasteiger partial charge in [-0.25, -0.2) is 4.79 Å². The lowest BCUT2D eigenvalue weighted by Crippen LogP contribution is -2.73. The first-order valence-electron chi connectivity index (χ1n) is 7.94. The van der Waals surface area contributed by atoms with E-state index in [0.717, 1.165) is 6.07 Å².